The third-order valence-electron chi connectivity index (χ3n) is 27.0. The number of rotatable bonds is 11. The number of hydrogen-bond acceptors (Lipinski definition) is 10. The van der Waals surface area contributed by atoms with Gasteiger partial charge in [0.25, 0.3) is 0 Å². The van der Waals surface area contributed by atoms with Gasteiger partial charge < -0.3 is 9.13 Å². The van der Waals surface area contributed by atoms with E-state index in [1.165, 1.54) is 119 Å². The average molecular weight is 1710 g/mol. The Morgan fingerprint density at radius 2 is 0.538 bits per heavy atom. The van der Waals surface area contributed by atoms with Crippen LogP contribution in [0.3, 0.4) is 0 Å². The first-order valence-corrected chi connectivity index (χ1v) is 45.8. The maximum absolute atomic E-state index is 5.21. The van der Waals surface area contributed by atoms with Crippen LogP contribution >= 0.6 is 11.3 Å². The van der Waals surface area contributed by atoms with Crippen LogP contribution in [0.2, 0.25) is 0 Å². The number of nitrogens with zero attached hydrogens (tertiary/aromatic N) is 11. The summed E-state index contributed by atoms with van der Waals surface area (Å²) < 4.78 is 7.39. The number of hydrogen-bond donors (Lipinski definition) is 0. The standard InChI is InChI=1S/2C42H30N4.C36H25N3S/c1-42(2)34-26-29(28-15-12-16-30(25-28)46-36-20-8-6-17-31(36)32-18-7-9-21-37(32)46)22-23-33(34)39-38(42)40(35-19-10-11-24-43-35)45-41(44-39)27-13-4-3-5-14-27;1-42(2)34-26-29(27-19-22-30(23-20-27)46-36-17-8-6-14-31(36)32-15-7-9-18-37(32)46)21-24-33(34)39-38(42)40(35-16-10-11-25-43-35)45-41(44-39)28-12-4-3-5-13-28;1-36(2)28-21-23(24-14-10-15-26-25-13-6-7-17-30(25)40-34(24)26)18-19-27(28)32-31(36)33(29-16-8-9-20-37-29)39-35(38-32)22-11-4-3-5-12-22/h2*3-26H,1-2H3;3-21H,1-2H3. The molecule has 12 heteroatoms. The largest absolute Gasteiger partial charge is 0.309 e. The fourth-order valence-corrected chi connectivity index (χ4v) is 21.9. The third kappa shape index (κ3) is 13.1. The van der Waals surface area contributed by atoms with Crippen molar-refractivity contribution in [1.29, 1.82) is 0 Å². The molecule has 9 heterocycles. The zero-order chi connectivity index (χ0) is 88.5. The molecule has 0 radical (unpaired) electrons. The Hall–Kier alpha value is -16.4. The van der Waals surface area contributed by atoms with Crippen LogP contribution in [0, 0.1) is 0 Å². The van der Waals surface area contributed by atoms with Gasteiger partial charge >= 0.3 is 0 Å². The van der Waals surface area contributed by atoms with Gasteiger partial charge in [0.2, 0.25) is 0 Å². The van der Waals surface area contributed by atoms with E-state index in [1.54, 1.807) is 0 Å². The molecule has 132 heavy (non-hydrogen) atoms. The fourth-order valence-electron chi connectivity index (χ4n) is 20.7. The highest BCUT2D eigenvalue weighted by Crippen LogP contribution is 2.57. The third-order valence-corrected chi connectivity index (χ3v) is 28.3. The second-order valence-corrected chi connectivity index (χ2v) is 36.9. The summed E-state index contributed by atoms with van der Waals surface area (Å²) in [5, 5.41) is 7.71. The van der Waals surface area contributed by atoms with E-state index in [4.69, 9.17) is 44.9 Å². The number of pyridine rings is 3. The Morgan fingerprint density at radius 3 is 0.955 bits per heavy atom. The lowest BCUT2D eigenvalue weighted by Gasteiger charge is -2.24. The van der Waals surface area contributed by atoms with Crippen LogP contribution in [0.5, 0.6) is 0 Å². The van der Waals surface area contributed by atoms with Crippen molar-refractivity contribution in [2.75, 3.05) is 0 Å². The lowest BCUT2D eigenvalue weighted by molar-refractivity contribution is 0.657. The van der Waals surface area contributed by atoms with Crippen LogP contribution < -0.4 is 0 Å². The van der Waals surface area contributed by atoms with Gasteiger partial charge in [-0.1, -0.05) is 321 Å². The van der Waals surface area contributed by atoms with Crippen LogP contribution in [0.4, 0.5) is 0 Å². The van der Waals surface area contributed by atoms with Gasteiger partial charge in [0.05, 0.1) is 73.3 Å². The van der Waals surface area contributed by atoms with Gasteiger partial charge in [0, 0.05) is 138 Å². The van der Waals surface area contributed by atoms with Gasteiger partial charge in [-0.2, -0.15) is 0 Å². The second-order valence-electron chi connectivity index (χ2n) is 35.9. The molecule has 9 aromatic heterocycles. The van der Waals surface area contributed by atoms with Crippen LogP contribution in [0.1, 0.15) is 74.9 Å². The molecule has 0 bridgehead atoms. The number of thiophene rings is 1. The van der Waals surface area contributed by atoms with E-state index in [0.29, 0.717) is 11.6 Å². The number of para-hydroxylation sites is 4. The van der Waals surface area contributed by atoms with E-state index in [9.17, 15) is 0 Å². The Kier molecular flexibility index (Phi) is 18.9. The van der Waals surface area contributed by atoms with E-state index in [0.717, 1.165) is 113 Å². The first-order valence-electron chi connectivity index (χ1n) is 45.0. The van der Waals surface area contributed by atoms with Gasteiger partial charge in [-0.3, -0.25) is 15.0 Å². The van der Waals surface area contributed by atoms with Gasteiger partial charge in [0.15, 0.2) is 17.5 Å². The predicted octanol–water partition coefficient (Wildman–Crippen LogP) is 30.1. The summed E-state index contributed by atoms with van der Waals surface area (Å²) in [4.78, 5) is 45.2. The molecular formula is C120H85N11S. The molecule has 0 saturated carbocycles. The van der Waals surface area contributed by atoms with Crippen LogP contribution in [0.15, 0.2) is 407 Å². The molecule has 0 amide bonds. The summed E-state index contributed by atoms with van der Waals surface area (Å²) in [5.41, 5.74) is 35.3. The number of fused-ring (bicyclic) bond motifs is 18. The molecule has 3 aliphatic rings. The molecule has 26 rings (SSSR count). The molecular weight excluding hydrogens is 1630 g/mol. The van der Waals surface area contributed by atoms with Gasteiger partial charge in [-0.25, -0.2) is 29.9 Å². The second kappa shape index (κ2) is 31.5. The smallest absolute Gasteiger partial charge is 0.160 e. The zero-order valence-corrected chi connectivity index (χ0v) is 74.3. The lowest BCUT2D eigenvalue weighted by atomic mass is 9.80. The topological polar surface area (TPSA) is 126 Å². The number of aromatic nitrogens is 11. The quantitative estimate of drug-likeness (QED) is 0.124. The first-order chi connectivity index (χ1) is 64.7. The lowest BCUT2D eigenvalue weighted by Crippen LogP contribution is -2.18. The number of benzene rings is 14. The van der Waals surface area contributed by atoms with Crippen molar-refractivity contribution < 1.29 is 0 Å². The van der Waals surface area contributed by atoms with Crippen LogP contribution in [-0.4, -0.2) is 54.0 Å². The fraction of sp³-hybridized carbons (Fsp3) is 0.0750. The van der Waals surface area contributed by atoms with Gasteiger partial charge in [-0.05, 0) is 159 Å². The molecule has 0 unspecified atom stereocenters. The minimum absolute atomic E-state index is 0.295. The van der Waals surface area contributed by atoms with E-state index in [2.05, 4.69) is 330 Å². The summed E-state index contributed by atoms with van der Waals surface area (Å²) in [5.74, 6) is 2.16. The summed E-state index contributed by atoms with van der Waals surface area (Å²) in [6, 6.07) is 137. The monoisotopic (exact) mass is 1710 g/mol. The van der Waals surface area contributed by atoms with Gasteiger partial charge in [-0.15, -0.1) is 11.3 Å². The van der Waals surface area contributed by atoms with Crippen molar-refractivity contribution in [1.82, 2.24) is 54.0 Å². The molecule has 11 nitrogen and oxygen atoms in total. The normalized spacial score (nSPS) is 13.3. The maximum Gasteiger partial charge on any atom is 0.160 e. The zero-order valence-electron chi connectivity index (χ0n) is 73.5. The highest BCUT2D eigenvalue weighted by Gasteiger charge is 2.44. The highest BCUT2D eigenvalue weighted by molar-refractivity contribution is 7.26. The van der Waals surface area contributed by atoms with Crippen molar-refractivity contribution >= 4 is 75.1 Å². The van der Waals surface area contributed by atoms with Gasteiger partial charge in [0.1, 0.15) is 0 Å². The Morgan fingerprint density at radius 1 is 0.220 bits per heavy atom. The molecule has 3 aliphatic carbocycles. The molecule has 14 aromatic carbocycles. The van der Waals surface area contributed by atoms with Crippen LogP contribution in [0.25, 0.3) is 211 Å². The molecule has 0 atom stereocenters. The molecule has 0 aliphatic heterocycles. The maximum atomic E-state index is 5.21. The Balaban J connectivity index is 0.000000110. The van der Waals surface area contributed by atoms with E-state index < -0.39 is 0 Å². The van der Waals surface area contributed by atoms with E-state index in [-0.39, 0.29) is 16.2 Å². The summed E-state index contributed by atoms with van der Waals surface area (Å²) >= 11 is 1.87. The molecule has 0 spiro atoms. The Bertz CT molecular complexity index is 8410. The minimum atomic E-state index is -0.326. The van der Waals surface area contributed by atoms with E-state index >= 15 is 0 Å². The van der Waals surface area contributed by atoms with E-state index in [1.807, 2.05) is 139 Å². The molecule has 23 aromatic rings. The molecule has 626 valence electrons. The minimum Gasteiger partial charge on any atom is -0.309 e. The van der Waals surface area contributed by atoms with Crippen molar-refractivity contribution in [3.8, 4) is 147 Å². The van der Waals surface area contributed by atoms with Crippen molar-refractivity contribution in [3.63, 3.8) is 0 Å². The van der Waals surface area contributed by atoms with Crippen molar-refractivity contribution in [2.24, 2.45) is 0 Å². The summed E-state index contributed by atoms with van der Waals surface area (Å²) in [6.45, 7) is 13.7. The van der Waals surface area contributed by atoms with Crippen LogP contribution in [-0.2, 0) is 16.2 Å². The molecule has 0 N–H and O–H groups in total. The van der Waals surface area contributed by atoms with Crippen molar-refractivity contribution in [3.05, 3.63) is 440 Å². The molecule has 0 fully saturated rings. The Labute approximate surface area is 768 Å². The molecule has 0 saturated heterocycles. The first kappa shape index (κ1) is 79.0. The van der Waals surface area contributed by atoms with Crippen molar-refractivity contribution in [2.45, 2.75) is 57.8 Å². The summed E-state index contributed by atoms with van der Waals surface area (Å²) in [6.07, 6.45) is 5.51. The summed E-state index contributed by atoms with van der Waals surface area (Å²) in [7, 11) is 0. The predicted molar refractivity (Wildman–Crippen MR) is 543 cm³/mol. The average Bonchev–Trinajstić information content (AvgIpc) is 1.58. The SMILES string of the molecule is CC1(C)c2cc(-c3ccc(-n4c5ccccc5c5ccccc54)cc3)ccc2-c2nc(-c3ccccc3)nc(-c3ccccn3)c21.CC1(C)c2cc(-c3cccc(-n4c5ccccc5c5ccccc54)c3)ccc2-c2nc(-c3ccccc3)nc(-c3ccccn3)c21.CC1(C)c2cc(-c3cccc4c3sc3ccccc34)ccc2-c2nc(-c3ccccc3)nc(-c3ccccn3)c21. The highest BCUT2D eigenvalue weighted by atomic mass is 32.1.